The summed E-state index contributed by atoms with van der Waals surface area (Å²) in [6, 6.07) is 6.94. The first-order valence-electron chi connectivity index (χ1n) is 5.70. The number of carbonyl (C=O) groups is 1. The van der Waals surface area contributed by atoms with Gasteiger partial charge in [-0.05, 0) is 30.3 Å². The molecule has 0 aliphatic rings. The zero-order valence-corrected chi connectivity index (χ0v) is 12.7. The Hall–Kier alpha value is -1.30. The number of carbonyl (C=O) groups excluding carboxylic acids is 1. The molecule has 0 aromatic heterocycles. The fourth-order valence-electron chi connectivity index (χ4n) is 1.64. The molecule has 2 nitrogen and oxygen atoms in total. The van der Waals surface area contributed by atoms with Crippen molar-refractivity contribution in [3.8, 4) is 0 Å². The van der Waals surface area contributed by atoms with E-state index in [0.29, 0.717) is 11.1 Å². The summed E-state index contributed by atoms with van der Waals surface area (Å²) in [5.74, 6) is -2.96. The normalized spacial score (nSPS) is 12.2. The van der Waals surface area contributed by atoms with Crippen LogP contribution in [-0.4, -0.2) is 15.7 Å². The Balaban J connectivity index is 2.23. The van der Waals surface area contributed by atoms with Crippen molar-refractivity contribution >= 4 is 39.8 Å². The van der Waals surface area contributed by atoms with Gasteiger partial charge < -0.3 is 0 Å². The highest BCUT2D eigenvalue weighted by atomic mass is 35.5. The maximum atomic E-state index is 13.5. The first-order chi connectivity index (χ1) is 9.88. The van der Waals surface area contributed by atoms with Crippen molar-refractivity contribution in [2.45, 2.75) is 4.90 Å². The van der Waals surface area contributed by atoms with Gasteiger partial charge in [-0.15, -0.1) is 0 Å². The van der Waals surface area contributed by atoms with Gasteiger partial charge in [-0.3, -0.25) is 9.00 Å². The Labute approximate surface area is 132 Å². The van der Waals surface area contributed by atoms with Crippen molar-refractivity contribution in [2.24, 2.45) is 0 Å². The summed E-state index contributed by atoms with van der Waals surface area (Å²) >= 11 is 11.7. The van der Waals surface area contributed by atoms with E-state index in [1.165, 1.54) is 18.2 Å². The van der Waals surface area contributed by atoms with Gasteiger partial charge in [-0.2, -0.15) is 0 Å². The quantitative estimate of drug-likeness (QED) is 0.773. The molecule has 0 heterocycles. The summed E-state index contributed by atoms with van der Waals surface area (Å²) in [6.07, 6.45) is 0. The minimum absolute atomic E-state index is 0.194. The molecule has 2 aromatic carbocycles. The fraction of sp³-hybridized carbons (Fsp3) is 0.0714. The lowest BCUT2D eigenvalue weighted by atomic mass is 10.1. The number of Topliss-reactive ketones (excluding diaryl/α,β-unsaturated/α-hetero) is 1. The van der Waals surface area contributed by atoms with Crippen LogP contribution in [0.15, 0.2) is 41.3 Å². The molecule has 0 aliphatic heterocycles. The van der Waals surface area contributed by atoms with Gasteiger partial charge in [0.2, 0.25) is 0 Å². The van der Waals surface area contributed by atoms with Crippen LogP contribution in [0.25, 0.3) is 0 Å². The molecule has 110 valence electrons. The Morgan fingerprint density at radius 1 is 1.10 bits per heavy atom. The van der Waals surface area contributed by atoms with Gasteiger partial charge in [0.25, 0.3) is 0 Å². The third-order valence-corrected chi connectivity index (χ3v) is 4.66. The smallest absolute Gasteiger partial charge is 0.178 e. The lowest BCUT2D eigenvalue weighted by molar-refractivity contribution is 0.101. The number of halogens is 4. The SMILES string of the molecule is O=C(CS(=O)c1cc(Cl)ccc1Cl)c1ccc(F)cc1F. The van der Waals surface area contributed by atoms with Crippen LogP contribution in [0, 0.1) is 11.6 Å². The second-order valence-corrected chi connectivity index (χ2v) is 6.38. The van der Waals surface area contributed by atoms with Crippen LogP contribution in [0.3, 0.4) is 0 Å². The van der Waals surface area contributed by atoms with E-state index in [2.05, 4.69) is 0 Å². The molecule has 21 heavy (non-hydrogen) atoms. The highest BCUT2D eigenvalue weighted by Crippen LogP contribution is 2.24. The number of benzene rings is 2. The molecule has 0 amide bonds. The molecule has 0 aliphatic carbocycles. The summed E-state index contributed by atoms with van der Waals surface area (Å²) in [4.78, 5) is 12.1. The van der Waals surface area contributed by atoms with Crippen molar-refractivity contribution in [3.63, 3.8) is 0 Å². The minimum atomic E-state index is -1.78. The molecule has 0 radical (unpaired) electrons. The molecule has 0 fully saturated rings. The molecule has 0 saturated heterocycles. The molecule has 1 atom stereocenters. The molecule has 2 aromatic rings. The Kier molecular flexibility index (Phi) is 5.08. The third kappa shape index (κ3) is 3.87. The maximum Gasteiger partial charge on any atom is 0.178 e. The summed E-state index contributed by atoms with van der Waals surface area (Å²) in [5.41, 5.74) is -0.317. The fourth-order valence-corrected chi connectivity index (χ4v) is 3.35. The zero-order chi connectivity index (χ0) is 15.6. The van der Waals surface area contributed by atoms with Crippen LogP contribution >= 0.6 is 23.2 Å². The minimum Gasteiger partial charge on any atom is -0.293 e. The standard InChI is InChI=1S/C14H8Cl2F2O2S/c15-8-1-4-11(16)14(5-8)21(20)7-13(19)10-3-2-9(17)6-12(10)18/h1-6H,7H2. The summed E-state index contributed by atoms with van der Waals surface area (Å²) < 4.78 is 38.4. The average molecular weight is 349 g/mol. The van der Waals surface area contributed by atoms with Gasteiger partial charge >= 0.3 is 0 Å². The van der Waals surface area contributed by atoms with E-state index in [0.717, 1.165) is 12.1 Å². The summed E-state index contributed by atoms with van der Waals surface area (Å²) in [7, 11) is -1.78. The summed E-state index contributed by atoms with van der Waals surface area (Å²) in [5, 5.41) is 0.522. The molecule has 1 unspecified atom stereocenters. The first kappa shape index (κ1) is 16.1. The topological polar surface area (TPSA) is 34.1 Å². The lowest BCUT2D eigenvalue weighted by Crippen LogP contribution is -2.13. The summed E-state index contributed by atoms with van der Waals surface area (Å²) in [6.45, 7) is 0. The third-order valence-electron chi connectivity index (χ3n) is 2.63. The zero-order valence-electron chi connectivity index (χ0n) is 10.4. The van der Waals surface area contributed by atoms with Gasteiger partial charge in [0.15, 0.2) is 5.78 Å². The van der Waals surface area contributed by atoms with E-state index in [4.69, 9.17) is 23.2 Å². The van der Waals surface area contributed by atoms with Crippen molar-refractivity contribution in [3.05, 3.63) is 63.6 Å². The van der Waals surface area contributed by atoms with Crippen LogP contribution in [0.4, 0.5) is 8.78 Å². The Bertz CT molecular complexity index is 735. The Morgan fingerprint density at radius 2 is 1.81 bits per heavy atom. The van der Waals surface area contributed by atoms with Gasteiger partial charge in [0.1, 0.15) is 11.6 Å². The van der Waals surface area contributed by atoms with E-state index >= 15 is 0 Å². The predicted molar refractivity (Wildman–Crippen MR) is 78.4 cm³/mol. The van der Waals surface area contributed by atoms with Crippen molar-refractivity contribution in [1.82, 2.24) is 0 Å². The molecule has 0 bridgehead atoms. The van der Waals surface area contributed by atoms with E-state index in [1.807, 2.05) is 0 Å². The van der Waals surface area contributed by atoms with Crippen LogP contribution in [0.1, 0.15) is 10.4 Å². The molecule has 0 spiro atoms. The molecular weight excluding hydrogens is 341 g/mol. The van der Waals surface area contributed by atoms with Crippen molar-refractivity contribution in [2.75, 3.05) is 5.75 Å². The number of rotatable bonds is 4. The van der Waals surface area contributed by atoms with Crippen LogP contribution < -0.4 is 0 Å². The van der Waals surface area contributed by atoms with Crippen LogP contribution in [0.5, 0.6) is 0 Å². The van der Waals surface area contributed by atoms with Crippen molar-refractivity contribution in [1.29, 1.82) is 0 Å². The van der Waals surface area contributed by atoms with Crippen molar-refractivity contribution < 1.29 is 17.8 Å². The van der Waals surface area contributed by atoms with E-state index in [1.54, 1.807) is 0 Å². The van der Waals surface area contributed by atoms with Gasteiger partial charge in [0.05, 0.1) is 32.0 Å². The van der Waals surface area contributed by atoms with Gasteiger partial charge in [0, 0.05) is 11.1 Å². The highest BCUT2D eigenvalue weighted by molar-refractivity contribution is 7.86. The van der Waals surface area contributed by atoms with E-state index in [9.17, 15) is 17.8 Å². The molecule has 7 heteroatoms. The first-order valence-corrected chi connectivity index (χ1v) is 7.77. The maximum absolute atomic E-state index is 13.5. The van der Waals surface area contributed by atoms with E-state index < -0.39 is 34.0 Å². The van der Waals surface area contributed by atoms with E-state index in [-0.39, 0.29) is 15.5 Å². The molecule has 0 saturated carbocycles. The number of hydrogen-bond donors (Lipinski definition) is 0. The second-order valence-electron chi connectivity index (χ2n) is 4.11. The lowest BCUT2D eigenvalue weighted by Gasteiger charge is -2.06. The van der Waals surface area contributed by atoms with Crippen LogP contribution in [-0.2, 0) is 10.8 Å². The largest absolute Gasteiger partial charge is 0.293 e. The average Bonchev–Trinajstić information content (AvgIpc) is 2.41. The monoisotopic (exact) mass is 348 g/mol. The number of hydrogen-bond acceptors (Lipinski definition) is 2. The van der Waals surface area contributed by atoms with Crippen LogP contribution in [0.2, 0.25) is 10.0 Å². The molecular formula is C14H8Cl2F2O2S. The van der Waals surface area contributed by atoms with Gasteiger partial charge in [-0.25, -0.2) is 8.78 Å². The van der Waals surface area contributed by atoms with Gasteiger partial charge in [-0.1, -0.05) is 23.2 Å². The highest BCUT2D eigenvalue weighted by Gasteiger charge is 2.18. The number of ketones is 1. The molecule has 0 N–H and O–H groups in total. The molecule has 2 rings (SSSR count). The second kappa shape index (κ2) is 6.64. The Morgan fingerprint density at radius 3 is 2.48 bits per heavy atom. The predicted octanol–water partition coefficient (Wildman–Crippen LogP) is 4.26.